The van der Waals surface area contributed by atoms with Gasteiger partial charge in [-0.2, -0.15) is 0 Å². The lowest BCUT2D eigenvalue weighted by molar-refractivity contribution is 0.102. The Labute approximate surface area is 150 Å². The van der Waals surface area contributed by atoms with Crippen LogP contribution in [0.5, 0.6) is 0 Å². The molecule has 0 aliphatic carbocycles. The molecule has 7 nitrogen and oxygen atoms in total. The molecule has 0 saturated carbocycles. The molecule has 0 unspecified atom stereocenters. The van der Waals surface area contributed by atoms with Crippen molar-refractivity contribution in [1.82, 2.24) is 24.1 Å². The van der Waals surface area contributed by atoms with Crippen LogP contribution in [0.15, 0.2) is 80.0 Å². The minimum Gasteiger partial charge on any atom is -0.333 e. The zero-order valence-electron chi connectivity index (χ0n) is 13.9. The minimum absolute atomic E-state index is 0.170. The van der Waals surface area contributed by atoms with Crippen molar-refractivity contribution in [3.05, 3.63) is 91.2 Å². The second-order valence-corrected chi connectivity index (χ2v) is 5.76. The number of nitrogens with zero attached hydrogens (tertiary/aromatic N) is 5. The fourth-order valence-corrected chi connectivity index (χ4v) is 2.56. The van der Waals surface area contributed by atoms with E-state index < -0.39 is 0 Å². The first-order valence-corrected chi connectivity index (χ1v) is 8.08. The molecular weight excluding hydrogens is 328 g/mol. The van der Waals surface area contributed by atoms with Crippen molar-refractivity contribution in [2.45, 2.75) is 6.54 Å². The number of nitrogens with one attached hydrogen (secondary N) is 1. The first-order chi connectivity index (χ1) is 12.8. The molecule has 0 aliphatic rings. The number of carbonyl (C=O) groups excluding carboxylic acids is 1. The average Bonchev–Trinajstić information content (AvgIpc) is 3.37. The number of imidazole rings is 2. The van der Waals surface area contributed by atoms with Gasteiger partial charge in [-0.3, -0.25) is 9.36 Å². The second kappa shape index (κ2) is 7.02. The van der Waals surface area contributed by atoms with Crippen LogP contribution in [0.4, 0.5) is 5.69 Å². The van der Waals surface area contributed by atoms with Gasteiger partial charge in [-0.1, -0.05) is 12.1 Å². The van der Waals surface area contributed by atoms with E-state index in [4.69, 9.17) is 0 Å². The van der Waals surface area contributed by atoms with Gasteiger partial charge in [-0.15, -0.1) is 0 Å². The highest BCUT2D eigenvalue weighted by atomic mass is 16.1. The maximum absolute atomic E-state index is 12.4. The molecule has 4 rings (SSSR count). The summed E-state index contributed by atoms with van der Waals surface area (Å²) in [5.74, 6) is 0.570. The van der Waals surface area contributed by atoms with E-state index in [0.29, 0.717) is 11.3 Å². The van der Waals surface area contributed by atoms with E-state index in [1.165, 1.54) is 0 Å². The van der Waals surface area contributed by atoms with Crippen molar-refractivity contribution in [2.24, 2.45) is 0 Å². The molecule has 3 aromatic heterocycles. The normalized spacial score (nSPS) is 10.6. The number of hydrogen-bond acceptors (Lipinski definition) is 4. The van der Waals surface area contributed by atoms with Gasteiger partial charge in [0.15, 0.2) is 0 Å². The maximum atomic E-state index is 12.4. The first-order valence-electron chi connectivity index (χ1n) is 8.08. The summed E-state index contributed by atoms with van der Waals surface area (Å²) < 4.78 is 3.77. The Morgan fingerprint density at radius 2 is 1.77 bits per heavy atom. The first kappa shape index (κ1) is 15.8. The van der Waals surface area contributed by atoms with Gasteiger partial charge < -0.3 is 9.88 Å². The number of hydrogen-bond donors (Lipinski definition) is 1. The number of anilines is 1. The number of benzene rings is 1. The Bertz CT molecular complexity index is 974. The Morgan fingerprint density at radius 3 is 2.42 bits per heavy atom. The van der Waals surface area contributed by atoms with Gasteiger partial charge in [0.05, 0.1) is 18.2 Å². The van der Waals surface area contributed by atoms with Crippen LogP contribution >= 0.6 is 0 Å². The number of pyridine rings is 1. The second-order valence-electron chi connectivity index (χ2n) is 5.76. The van der Waals surface area contributed by atoms with Crippen molar-refractivity contribution >= 4 is 11.6 Å². The molecule has 7 heteroatoms. The van der Waals surface area contributed by atoms with Gasteiger partial charge in [0.25, 0.3) is 5.91 Å². The average molecular weight is 344 g/mol. The van der Waals surface area contributed by atoms with E-state index in [-0.39, 0.29) is 5.91 Å². The molecule has 1 aromatic carbocycles. The van der Waals surface area contributed by atoms with Crippen LogP contribution in [0.1, 0.15) is 15.9 Å². The molecule has 0 atom stereocenters. The molecular formula is C19H16N6O. The summed E-state index contributed by atoms with van der Waals surface area (Å²) in [6.45, 7) is 0.724. The predicted molar refractivity (Wildman–Crippen MR) is 97.1 cm³/mol. The van der Waals surface area contributed by atoms with Gasteiger partial charge in [0, 0.05) is 36.9 Å². The molecule has 26 heavy (non-hydrogen) atoms. The van der Waals surface area contributed by atoms with Crippen molar-refractivity contribution < 1.29 is 4.79 Å². The molecule has 128 valence electrons. The monoisotopic (exact) mass is 344 g/mol. The lowest BCUT2D eigenvalue weighted by atomic mass is 10.1. The molecule has 0 fully saturated rings. The third-order valence-electron chi connectivity index (χ3n) is 3.92. The largest absolute Gasteiger partial charge is 0.333 e. The van der Waals surface area contributed by atoms with Gasteiger partial charge in [-0.25, -0.2) is 15.0 Å². The lowest BCUT2D eigenvalue weighted by Gasteiger charge is -2.07. The van der Waals surface area contributed by atoms with E-state index >= 15 is 0 Å². The van der Waals surface area contributed by atoms with E-state index in [0.717, 1.165) is 17.9 Å². The Morgan fingerprint density at radius 1 is 0.962 bits per heavy atom. The van der Waals surface area contributed by atoms with Crippen molar-refractivity contribution in [3.63, 3.8) is 0 Å². The molecule has 1 N–H and O–H groups in total. The molecule has 0 spiro atoms. The van der Waals surface area contributed by atoms with Crippen molar-refractivity contribution in [2.75, 3.05) is 5.32 Å². The fraction of sp³-hybridized carbons (Fsp3) is 0.0526. The predicted octanol–water partition coefficient (Wildman–Crippen LogP) is 2.76. The molecule has 3 heterocycles. The van der Waals surface area contributed by atoms with Crippen LogP contribution in [0.2, 0.25) is 0 Å². The third kappa shape index (κ3) is 3.51. The van der Waals surface area contributed by atoms with E-state index in [1.54, 1.807) is 35.8 Å². The van der Waals surface area contributed by atoms with Crippen LogP contribution < -0.4 is 5.32 Å². The molecule has 0 saturated heterocycles. The fourth-order valence-electron chi connectivity index (χ4n) is 2.56. The Balaban J connectivity index is 1.41. The Kier molecular flexibility index (Phi) is 4.26. The van der Waals surface area contributed by atoms with E-state index in [9.17, 15) is 4.79 Å². The standard InChI is InChI=1S/C19H16N6O/c26-19(16-3-1-15(2-4-16)12-24-9-7-20-13-24)23-17-5-6-18(22-11-17)25-10-8-21-14-25/h1-11,13-14H,12H2,(H,23,26). The summed E-state index contributed by atoms with van der Waals surface area (Å²) in [6, 6.07) is 11.1. The highest BCUT2D eigenvalue weighted by molar-refractivity contribution is 6.04. The quantitative estimate of drug-likeness (QED) is 0.604. The molecule has 1 amide bonds. The smallest absolute Gasteiger partial charge is 0.255 e. The third-order valence-corrected chi connectivity index (χ3v) is 3.92. The number of rotatable bonds is 5. The highest BCUT2D eigenvalue weighted by Crippen LogP contribution is 2.12. The summed E-state index contributed by atoms with van der Waals surface area (Å²) >= 11 is 0. The van der Waals surface area contributed by atoms with Crippen LogP contribution in [0, 0.1) is 0 Å². The Hall–Kier alpha value is -3.74. The van der Waals surface area contributed by atoms with Crippen LogP contribution in [-0.4, -0.2) is 30.0 Å². The van der Waals surface area contributed by atoms with E-state index in [2.05, 4.69) is 20.3 Å². The number of amides is 1. The summed E-state index contributed by atoms with van der Waals surface area (Å²) in [4.78, 5) is 24.7. The van der Waals surface area contributed by atoms with Gasteiger partial charge >= 0.3 is 0 Å². The van der Waals surface area contributed by atoms with Crippen LogP contribution in [0.3, 0.4) is 0 Å². The SMILES string of the molecule is O=C(Nc1ccc(-n2ccnc2)nc1)c1ccc(Cn2ccnc2)cc1. The molecule has 0 aliphatic heterocycles. The molecule has 0 radical (unpaired) electrons. The van der Waals surface area contributed by atoms with Crippen LogP contribution in [0.25, 0.3) is 5.82 Å². The highest BCUT2D eigenvalue weighted by Gasteiger charge is 2.07. The number of aromatic nitrogens is 5. The van der Waals surface area contributed by atoms with Crippen molar-refractivity contribution in [1.29, 1.82) is 0 Å². The van der Waals surface area contributed by atoms with Gasteiger partial charge in [0.1, 0.15) is 12.1 Å². The summed E-state index contributed by atoms with van der Waals surface area (Å²) in [6.07, 6.45) is 12.2. The van der Waals surface area contributed by atoms with Gasteiger partial charge in [-0.05, 0) is 29.8 Å². The van der Waals surface area contributed by atoms with E-state index in [1.807, 2.05) is 53.4 Å². The summed E-state index contributed by atoms with van der Waals surface area (Å²) in [5.41, 5.74) is 2.34. The zero-order valence-corrected chi connectivity index (χ0v) is 13.9. The number of carbonyl (C=O) groups is 1. The topological polar surface area (TPSA) is 77.6 Å². The van der Waals surface area contributed by atoms with Crippen molar-refractivity contribution in [3.8, 4) is 5.82 Å². The zero-order chi connectivity index (χ0) is 17.8. The maximum Gasteiger partial charge on any atom is 0.255 e. The van der Waals surface area contributed by atoms with Gasteiger partial charge in [0.2, 0.25) is 0 Å². The minimum atomic E-state index is -0.170. The summed E-state index contributed by atoms with van der Waals surface area (Å²) in [5, 5.41) is 2.85. The van der Waals surface area contributed by atoms with Crippen LogP contribution in [-0.2, 0) is 6.54 Å². The molecule has 4 aromatic rings. The molecule has 0 bridgehead atoms. The summed E-state index contributed by atoms with van der Waals surface area (Å²) in [7, 11) is 0. The lowest BCUT2D eigenvalue weighted by Crippen LogP contribution is -2.12.